The number of benzene rings is 1. The van der Waals surface area contributed by atoms with Crippen molar-refractivity contribution in [1.82, 2.24) is 15.0 Å². The highest BCUT2D eigenvalue weighted by Gasteiger charge is 2.01. The Morgan fingerprint density at radius 2 is 1.77 bits per heavy atom. The van der Waals surface area contributed by atoms with Crippen LogP contribution in [-0.2, 0) is 6.42 Å². The van der Waals surface area contributed by atoms with Crippen molar-refractivity contribution in [2.24, 2.45) is 0 Å². The van der Waals surface area contributed by atoms with Gasteiger partial charge in [0, 0.05) is 30.9 Å². The maximum atomic E-state index is 5.68. The highest BCUT2D eigenvalue weighted by atomic mass is 16.5. The number of rotatable bonds is 6. The summed E-state index contributed by atoms with van der Waals surface area (Å²) in [6.07, 6.45) is 4.12. The fourth-order valence-corrected chi connectivity index (χ4v) is 1.97. The molecule has 5 heteroatoms. The van der Waals surface area contributed by atoms with Gasteiger partial charge in [0.2, 0.25) is 5.88 Å². The molecule has 3 rings (SSSR count). The van der Waals surface area contributed by atoms with Crippen molar-refractivity contribution in [3.63, 3.8) is 0 Å². The van der Waals surface area contributed by atoms with Crippen LogP contribution in [0.4, 0.5) is 5.82 Å². The maximum absolute atomic E-state index is 5.68. The summed E-state index contributed by atoms with van der Waals surface area (Å²) in [4.78, 5) is 12.6. The number of hydrogen-bond donors (Lipinski definition) is 1. The zero-order valence-electron chi connectivity index (χ0n) is 12.0. The largest absolute Gasteiger partial charge is 0.439 e. The minimum atomic E-state index is 0.515. The first-order valence-corrected chi connectivity index (χ1v) is 7.09. The summed E-state index contributed by atoms with van der Waals surface area (Å²) in [5.74, 6) is 2.00. The lowest BCUT2D eigenvalue weighted by atomic mass is 10.3. The number of anilines is 1. The molecule has 0 aliphatic carbocycles. The third kappa shape index (κ3) is 4.02. The van der Waals surface area contributed by atoms with Gasteiger partial charge >= 0.3 is 0 Å². The highest BCUT2D eigenvalue weighted by molar-refractivity contribution is 5.38. The van der Waals surface area contributed by atoms with Crippen LogP contribution in [0.15, 0.2) is 67.1 Å². The lowest BCUT2D eigenvalue weighted by molar-refractivity contribution is 0.462. The molecule has 0 atom stereocenters. The number of aromatic nitrogens is 3. The molecule has 5 nitrogen and oxygen atoms in total. The van der Waals surface area contributed by atoms with E-state index in [1.807, 2.05) is 48.5 Å². The molecule has 0 aliphatic heterocycles. The van der Waals surface area contributed by atoms with E-state index in [2.05, 4.69) is 20.3 Å². The van der Waals surface area contributed by atoms with E-state index in [9.17, 15) is 0 Å². The highest BCUT2D eigenvalue weighted by Crippen LogP contribution is 2.19. The van der Waals surface area contributed by atoms with Crippen molar-refractivity contribution in [2.45, 2.75) is 6.42 Å². The Labute approximate surface area is 129 Å². The van der Waals surface area contributed by atoms with Crippen LogP contribution < -0.4 is 10.1 Å². The molecular formula is C17H16N4O. The lowest BCUT2D eigenvalue weighted by Gasteiger charge is -2.07. The minimum absolute atomic E-state index is 0.515. The third-order valence-corrected chi connectivity index (χ3v) is 3.02. The zero-order chi connectivity index (χ0) is 15.0. The molecule has 0 aliphatic rings. The van der Waals surface area contributed by atoms with Crippen molar-refractivity contribution >= 4 is 5.82 Å². The van der Waals surface area contributed by atoms with Crippen LogP contribution in [0.2, 0.25) is 0 Å². The standard InChI is InChI=1S/C17H16N4O/c1-2-7-15(8-3-1)22-17-12-16(20-13-21-17)19-11-9-14-6-4-5-10-18-14/h1-8,10,12-13H,9,11H2,(H,19,20,21). The quantitative estimate of drug-likeness (QED) is 0.755. The average Bonchev–Trinajstić information content (AvgIpc) is 2.57. The Morgan fingerprint density at radius 3 is 2.59 bits per heavy atom. The van der Waals surface area contributed by atoms with Gasteiger partial charge in [-0.25, -0.2) is 9.97 Å². The van der Waals surface area contributed by atoms with Crippen molar-refractivity contribution in [3.8, 4) is 11.6 Å². The summed E-state index contributed by atoms with van der Waals surface area (Å²) in [6, 6.07) is 17.2. The Morgan fingerprint density at radius 1 is 0.909 bits per heavy atom. The molecule has 0 bridgehead atoms. The van der Waals surface area contributed by atoms with E-state index in [4.69, 9.17) is 4.74 Å². The summed E-state index contributed by atoms with van der Waals surface area (Å²) >= 11 is 0. The SMILES string of the molecule is c1ccc(Oc2cc(NCCc3ccccn3)ncn2)cc1. The maximum Gasteiger partial charge on any atom is 0.224 e. The fourth-order valence-electron chi connectivity index (χ4n) is 1.97. The molecule has 0 saturated carbocycles. The van der Waals surface area contributed by atoms with Crippen molar-refractivity contribution in [1.29, 1.82) is 0 Å². The van der Waals surface area contributed by atoms with E-state index < -0.39 is 0 Å². The van der Waals surface area contributed by atoms with Crippen LogP contribution in [0.5, 0.6) is 11.6 Å². The van der Waals surface area contributed by atoms with Crippen molar-refractivity contribution in [2.75, 3.05) is 11.9 Å². The van der Waals surface area contributed by atoms with Crippen LogP contribution in [0.25, 0.3) is 0 Å². The molecule has 3 aromatic rings. The number of pyridine rings is 1. The summed E-state index contributed by atoms with van der Waals surface area (Å²) in [7, 11) is 0. The lowest BCUT2D eigenvalue weighted by Crippen LogP contribution is -2.07. The second kappa shape index (κ2) is 7.17. The van der Waals surface area contributed by atoms with Gasteiger partial charge in [-0.15, -0.1) is 0 Å². The van der Waals surface area contributed by atoms with Gasteiger partial charge in [0.15, 0.2) is 0 Å². The molecular weight excluding hydrogens is 276 g/mol. The minimum Gasteiger partial charge on any atom is -0.439 e. The Kier molecular flexibility index (Phi) is 4.57. The molecule has 2 aromatic heterocycles. The van der Waals surface area contributed by atoms with E-state index >= 15 is 0 Å². The first-order chi connectivity index (χ1) is 10.9. The van der Waals surface area contributed by atoms with Crippen LogP contribution in [0, 0.1) is 0 Å². The molecule has 0 spiro atoms. The number of ether oxygens (including phenoxy) is 1. The van der Waals surface area contributed by atoms with Crippen LogP contribution in [-0.4, -0.2) is 21.5 Å². The predicted octanol–water partition coefficient (Wildman–Crippen LogP) is 3.32. The van der Waals surface area contributed by atoms with Gasteiger partial charge in [0.1, 0.15) is 17.9 Å². The van der Waals surface area contributed by atoms with Crippen molar-refractivity contribution < 1.29 is 4.74 Å². The molecule has 1 N–H and O–H groups in total. The number of para-hydroxylation sites is 1. The number of nitrogens with zero attached hydrogens (tertiary/aromatic N) is 3. The molecule has 0 unspecified atom stereocenters. The number of nitrogens with one attached hydrogen (secondary N) is 1. The van der Waals surface area contributed by atoms with Gasteiger partial charge in [0.25, 0.3) is 0 Å². The molecule has 0 amide bonds. The van der Waals surface area contributed by atoms with Gasteiger partial charge in [-0.3, -0.25) is 4.98 Å². The van der Waals surface area contributed by atoms with E-state index in [0.717, 1.165) is 30.2 Å². The van der Waals surface area contributed by atoms with E-state index in [-0.39, 0.29) is 0 Å². The van der Waals surface area contributed by atoms with Crippen LogP contribution >= 0.6 is 0 Å². The van der Waals surface area contributed by atoms with Gasteiger partial charge in [0.05, 0.1) is 0 Å². The van der Waals surface area contributed by atoms with Crippen LogP contribution in [0.3, 0.4) is 0 Å². The predicted molar refractivity (Wildman–Crippen MR) is 85.0 cm³/mol. The average molecular weight is 292 g/mol. The summed E-state index contributed by atoms with van der Waals surface area (Å²) in [6.45, 7) is 0.749. The molecule has 110 valence electrons. The molecule has 0 fully saturated rings. The number of hydrogen-bond acceptors (Lipinski definition) is 5. The molecule has 1 aromatic carbocycles. The van der Waals surface area contributed by atoms with Gasteiger partial charge in [-0.1, -0.05) is 24.3 Å². The monoisotopic (exact) mass is 292 g/mol. The first kappa shape index (κ1) is 14.0. The molecule has 2 heterocycles. The van der Waals surface area contributed by atoms with Gasteiger partial charge in [-0.2, -0.15) is 0 Å². The molecule has 22 heavy (non-hydrogen) atoms. The summed E-state index contributed by atoms with van der Waals surface area (Å²) in [5, 5.41) is 3.25. The van der Waals surface area contributed by atoms with Gasteiger partial charge in [-0.05, 0) is 24.3 Å². The topological polar surface area (TPSA) is 59.9 Å². The second-order valence-electron chi connectivity index (χ2n) is 4.65. The van der Waals surface area contributed by atoms with E-state index in [1.54, 1.807) is 12.3 Å². The fraction of sp³-hybridized carbons (Fsp3) is 0.118. The van der Waals surface area contributed by atoms with Gasteiger partial charge < -0.3 is 10.1 Å². The molecule has 0 saturated heterocycles. The molecule has 0 radical (unpaired) electrons. The third-order valence-electron chi connectivity index (χ3n) is 3.02. The summed E-state index contributed by atoms with van der Waals surface area (Å²) in [5.41, 5.74) is 1.05. The normalized spacial score (nSPS) is 10.2. The first-order valence-electron chi connectivity index (χ1n) is 7.09. The van der Waals surface area contributed by atoms with Crippen LogP contribution in [0.1, 0.15) is 5.69 Å². The van der Waals surface area contributed by atoms with Crippen molar-refractivity contribution in [3.05, 3.63) is 72.8 Å². The smallest absolute Gasteiger partial charge is 0.224 e. The Hall–Kier alpha value is -2.95. The second-order valence-corrected chi connectivity index (χ2v) is 4.65. The Balaban J connectivity index is 1.57. The zero-order valence-corrected chi connectivity index (χ0v) is 12.0. The summed E-state index contributed by atoms with van der Waals surface area (Å²) < 4.78 is 5.68. The Bertz CT molecular complexity index is 704. The van der Waals surface area contributed by atoms with E-state index in [0.29, 0.717) is 5.88 Å². The van der Waals surface area contributed by atoms with E-state index in [1.165, 1.54) is 6.33 Å².